The Kier molecular flexibility index (Phi) is 3.21. The van der Waals surface area contributed by atoms with Crippen LogP contribution in [0.1, 0.15) is 24.1 Å². The van der Waals surface area contributed by atoms with Crippen molar-refractivity contribution in [3.05, 3.63) is 35.8 Å². The molecule has 5 heteroatoms. The van der Waals surface area contributed by atoms with Gasteiger partial charge in [-0.25, -0.2) is 4.98 Å². The molecule has 2 aromatic heterocycles. The second kappa shape index (κ2) is 5.09. The molecule has 2 aromatic rings. The van der Waals surface area contributed by atoms with Crippen molar-refractivity contribution >= 4 is 5.65 Å². The zero-order valence-electron chi connectivity index (χ0n) is 12.4. The summed E-state index contributed by atoms with van der Waals surface area (Å²) in [6.07, 6.45) is 6.21. The van der Waals surface area contributed by atoms with Crippen LogP contribution >= 0.6 is 0 Å². The number of ether oxygens (including phenoxy) is 2. The average molecular weight is 287 g/mol. The number of likely N-dealkylation sites (tertiary alicyclic amines) is 1. The number of hydrogen-bond acceptors (Lipinski definition) is 4. The van der Waals surface area contributed by atoms with Crippen LogP contribution < -0.4 is 0 Å². The number of pyridine rings is 1. The summed E-state index contributed by atoms with van der Waals surface area (Å²) in [5.41, 5.74) is 3.48. The molecule has 112 valence electrons. The van der Waals surface area contributed by atoms with Gasteiger partial charge in [0.1, 0.15) is 5.65 Å². The predicted octanol–water partition coefficient (Wildman–Crippen LogP) is 1.98. The van der Waals surface area contributed by atoms with E-state index in [1.54, 1.807) is 0 Å². The first-order valence-electron chi connectivity index (χ1n) is 7.68. The smallest absolute Gasteiger partial charge is 0.181 e. The predicted molar refractivity (Wildman–Crippen MR) is 79.1 cm³/mol. The van der Waals surface area contributed by atoms with Crippen LogP contribution in [-0.2, 0) is 16.0 Å². The van der Waals surface area contributed by atoms with Crippen molar-refractivity contribution in [2.75, 3.05) is 26.3 Å². The van der Waals surface area contributed by atoms with Gasteiger partial charge < -0.3 is 13.9 Å². The van der Waals surface area contributed by atoms with Crippen molar-refractivity contribution in [2.24, 2.45) is 0 Å². The van der Waals surface area contributed by atoms with Gasteiger partial charge in [0, 0.05) is 19.2 Å². The number of aromatic nitrogens is 2. The van der Waals surface area contributed by atoms with Crippen molar-refractivity contribution < 1.29 is 9.47 Å². The number of aryl methyl sites for hydroxylation is 1. The fourth-order valence-electron chi connectivity index (χ4n) is 3.49. The first-order chi connectivity index (χ1) is 10.3. The minimum absolute atomic E-state index is 0.353. The van der Waals surface area contributed by atoms with Gasteiger partial charge in [-0.2, -0.15) is 0 Å². The summed E-state index contributed by atoms with van der Waals surface area (Å²) < 4.78 is 13.9. The molecule has 0 radical (unpaired) electrons. The minimum Gasteiger partial charge on any atom is -0.346 e. The lowest BCUT2D eigenvalue weighted by Gasteiger charge is -2.38. The standard InChI is InChI=1S/C16H21N3O2/c1-13-4-2-7-19-14(10-17-15(13)19)11-18-6-3-5-16(12-18)20-8-9-21-16/h2,4,7,10H,3,5-6,8-9,11-12H2,1H3. The molecule has 0 amide bonds. The summed E-state index contributed by atoms with van der Waals surface area (Å²) in [6, 6.07) is 4.18. The highest BCUT2D eigenvalue weighted by atomic mass is 16.7. The Bertz CT molecular complexity index is 646. The molecule has 0 bridgehead atoms. The monoisotopic (exact) mass is 287 g/mol. The first kappa shape index (κ1) is 13.2. The van der Waals surface area contributed by atoms with E-state index in [2.05, 4.69) is 39.5 Å². The quantitative estimate of drug-likeness (QED) is 0.846. The van der Waals surface area contributed by atoms with Gasteiger partial charge in [0.25, 0.3) is 0 Å². The van der Waals surface area contributed by atoms with Gasteiger partial charge in [0.05, 0.1) is 31.6 Å². The van der Waals surface area contributed by atoms with Gasteiger partial charge in [-0.05, 0) is 31.5 Å². The third-order valence-corrected chi connectivity index (χ3v) is 4.50. The lowest BCUT2D eigenvalue weighted by atomic mass is 10.0. The van der Waals surface area contributed by atoms with Crippen LogP contribution in [0.3, 0.4) is 0 Å². The second-order valence-electron chi connectivity index (χ2n) is 6.06. The molecule has 0 aliphatic carbocycles. The Labute approximate surface area is 124 Å². The zero-order valence-corrected chi connectivity index (χ0v) is 12.4. The van der Waals surface area contributed by atoms with Crippen LogP contribution in [0.25, 0.3) is 5.65 Å². The van der Waals surface area contributed by atoms with Crippen molar-refractivity contribution in [2.45, 2.75) is 32.1 Å². The topological polar surface area (TPSA) is 39.0 Å². The van der Waals surface area contributed by atoms with Crippen LogP contribution in [-0.4, -0.2) is 46.4 Å². The molecule has 4 heterocycles. The number of nitrogens with zero attached hydrogens (tertiary/aromatic N) is 3. The maximum Gasteiger partial charge on any atom is 0.181 e. The number of hydrogen-bond donors (Lipinski definition) is 0. The highest BCUT2D eigenvalue weighted by Gasteiger charge is 2.40. The van der Waals surface area contributed by atoms with E-state index in [1.807, 2.05) is 6.20 Å². The number of rotatable bonds is 2. The Morgan fingerprint density at radius 1 is 1.33 bits per heavy atom. The highest BCUT2D eigenvalue weighted by Crippen LogP contribution is 2.30. The number of fused-ring (bicyclic) bond motifs is 1. The molecular weight excluding hydrogens is 266 g/mol. The largest absolute Gasteiger partial charge is 0.346 e. The van der Waals surface area contributed by atoms with Gasteiger partial charge in [-0.3, -0.25) is 4.90 Å². The molecule has 2 aliphatic rings. The molecule has 1 spiro atoms. The van der Waals surface area contributed by atoms with E-state index in [4.69, 9.17) is 9.47 Å². The Morgan fingerprint density at radius 2 is 2.19 bits per heavy atom. The minimum atomic E-state index is -0.353. The summed E-state index contributed by atoms with van der Waals surface area (Å²) in [7, 11) is 0. The fourth-order valence-corrected chi connectivity index (χ4v) is 3.49. The summed E-state index contributed by atoms with van der Waals surface area (Å²) >= 11 is 0. The van der Waals surface area contributed by atoms with Crippen molar-refractivity contribution in [1.82, 2.24) is 14.3 Å². The van der Waals surface area contributed by atoms with E-state index in [-0.39, 0.29) is 5.79 Å². The molecule has 21 heavy (non-hydrogen) atoms. The zero-order chi connectivity index (χ0) is 14.3. The highest BCUT2D eigenvalue weighted by molar-refractivity contribution is 5.48. The molecule has 0 saturated carbocycles. The second-order valence-corrected chi connectivity index (χ2v) is 6.06. The number of piperidine rings is 1. The molecule has 2 saturated heterocycles. The molecule has 4 rings (SSSR count). The fraction of sp³-hybridized carbons (Fsp3) is 0.562. The lowest BCUT2D eigenvalue weighted by molar-refractivity contribution is -0.190. The van der Waals surface area contributed by atoms with Crippen molar-refractivity contribution in [3.63, 3.8) is 0 Å². The van der Waals surface area contributed by atoms with Crippen LogP contribution in [0.5, 0.6) is 0 Å². The van der Waals surface area contributed by atoms with Gasteiger partial charge in [0.2, 0.25) is 0 Å². The van der Waals surface area contributed by atoms with Gasteiger partial charge >= 0.3 is 0 Å². The first-order valence-corrected chi connectivity index (χ1v) is 7.68. The van der Waals surface area contributed by atoms with E-state index in [9.17, 15) is 0 Å². The maximum atomic E-state index is 5.85. The molecule has 2 fully saturated rings. The summed E-state index contributed by atoms with van der Waals surface area (Å²) in [6.45, 7) is 6.38. The van der Waals surface area contributed by atoms with Crippen LogP contribution in [0.2, 0.25) is 0 Å². The van der Waals surface area contributed by atoms with Gasteiger partial charge in [-0.1, -0.05) is 6.07 Å². The Balaban J connectivity index is 1.56. The van der Waals surface area contributed by atoms with E-state index in [0.717, 1.165) is 51.3 Å². The molecule has 5 nitrogen and oxygen atoms in total. The molecule has 0 aromatic carbocycles. The average Bonchev–Trinajstić information content (AvgIpc) is 3.08. The van der Waals surface area contributed by atoms with Gasteiger partial charge in [-0.15, -0.1) is 0 Å². The summed E-state index contributed by atoms with van der Waals surface area (Å²) in [5.74, 6) is -0.353. The van der Waals surface area contributed by atoms with Crippen LogP contribution in [0.15, 0.2) is 24.5 Å². The third-order valence-electron chi connectivity index (χ3n) is 4.50. The Hall–Kier alpha value is -1.43. The SMILES string of the molecule is Cc1cccn2c(CN3CCCC4(C3)OCCO4)cnc12. The lowest BCUT2D eigenvalue weighted by Crippen LogP contribution is -2.48. The van der Waals surface area contributed by atoms with Crippen molar-refractivity contribution in [3.8, 4) is 0 Å². The third kappa shape index (κ3) is 2.35. The van der Waals surface area contributed by atoms with E-state index < -0.39 is 0 Å². The molecule has 0 atom stereocenters. The normalized spacial score (nSPS) is 22.3. The molecule has 0 N–H and O–H groups in total. The van der Waals surface area contributed by atoms with Crippen molar-refractivity contribution in [1.29, 1.82) is 0 Å². The Morgan fingerprint density at radius 3 is 3.05 bits per heavy atom. The van der Waals surface area contributed by atoms with Crippen LogP contribution in [0.4, 0.5) is 0 Å². The maximum absolute atomic E-state index is 5.85. The van der Waals surface area contributed by atoms with Gasteiger partial charge in [0.15, 0.2) is 5.79 Å². The summed E-state index contributed by atoms with van der Waals surface area (Å²) in [4.78, 5) is 6.96. The van der Waals surface area contributed by atoms with E-state index >= 15 is 0 Å². The molecular formula is C16H21N3O2. The molecule has 2 aliphatic heterocycles. The van der Waals surface area contributed by atoms with E-state index in [0.29, 0.717) is 0 Å². The van der Waals surface area contributed by atoms with Crippen LogP contribution in [0, 0.1) is 6.92 Å². The van der Waals surface area contributed by atoms with E-state index in [1.165, 1.54) is 11.3 Å². The molecule has 0 unspecified atom stereocenters. The number of imidazole rings is 1. The summed E-state index contributed by atoms with van der Waals surface area (Å²) in [5, 5.41) is 0.